The SMILES string of the molecule is NCNCC(O)COc1ccccc1. The van der Waals surface area contributed by atoms with Crippen LogP contribution in [-0.2, 0) is 0 Å². The van der Waals surface area contributed by atoms with Gasteiger partial charge in [0.15, 0.2) is 0 Å². The van der Waals surface area contributed by atoms with Crippen molar-refractivity contribution in [3.05, 3.63) is 30.3 Å². The molecule has 0 bridgehead atoms. The molecule has 1 aromatic carbocycles. The Kier molecular flexibility index (Phi) is 4.99. The maximum absolute atomic E-state index is 9.40. The summed E-state index contributed by atoms with van der Waals surface area (Å²) in [6, 6.07) is 9.39. The van der Waals surface area contributed by atoms with Crippen LogP contribution in [0.5, 0.6) is 5.75 Å². The normalized spacial score (nSPS) is 12.4. The van der Waals surface area contributed by atoms with Gasteiger partial charge in [0, 0.05) is 13.2 Å². The van der Waals surface area contributed by atoms with E-state index in [0.717, 1.165) is 5.75 Å². The zero-order chi connectivity index (χ0) is 10.2. The minimum atomic E-state index is -0.529. The Hall–Kier alpha value is -1.10. The van der Waals surface area contributed by atoms with E-state index in [4.69, 9.17) is 10.5 Å². The number of nitrogens with one attached hydrogen (secondary N) is 1. The van der Waals surface area contributed by atoms with Crippen LogP contribution in [0.15, 0.2) is 30.3 Å². The Labute approximate surface area is 83.7 Å². The van der Waals surface area contributed by atoms with Gasteiger partial charge in [-0.05, 0) is 12.1 Å². The Morgan fingerprint density at radius 2 is 2.07 bits per heavy atom. The molecule has 0 aliphatic rings. The van der Waals surface area contributed by atoms with Crippen molar-refractivity contribution in [3.8, 4) is 5.75 Å². The molecular weight excluding hydrogens is 180 g/mol. The number of aliphatic hydroxyl groups excluding tert-OH is 1. The number of rotatable bonds is 6. The highest BCUT2D eigenvalue weighted by Crippen LogP contribution is 2.08. The van der Waals surface area contributed by atoms with Gasteiger partial charge < -0.3 is 20.9 Å². The smallest absolute Gasteiger partial charge is 0.119 e. The number of hydrogen-bond donors (Lipinski definition) is 3. The third-order valence-corrected chi connectivity index (χ3v) is 1.71. The van der Waals surface area contributed by atoms with Crippen LogP contribution >= 0.6 is 0 Å². The van der Waals surface area contributed by atoms with Crippen molar-refractivity contribution in [1.29, 1.82) is 0 Å². The van der Waals surface area contributed by atoms with Crippen molar-refractivity contribution in [2.45, 2.75) is 6.10 Å². The van der Waals surface area contributed by atoms with Crippen LogP contribution < -0.4 is 15.8 Å². The van der Waals surface area contributed by atoms with E-state index in [1.807, 2.05) is 30.3 Å². The van der Waals surface area contributed by atoms with Crippen LogP contribution in [0.3, 0.4) is 0 Å². The average molecular weight is 196 g/mol. The molecule has 0 heterocycles. The summed E-state index contributed by atoms with van der Waals surface area (Å²) in [5.74, 6) is 0.763. The lowest BCUT2D eigenvalue weighted by atomic mass is 10.3. The summed E-state index contributed by atoms with van der Waals surface area (Å²) in [4.78, 5) is 0. The van der Waals surface area contributed by atoms with Gasteiger partial charge in [-0.25, -0.2) is 0 Å². The molecule has 0 aliphatic carbocycles. The van der Waals surface area contributed by atoms with Crippen molar-refractivity contribution in [3.63, 3.8) is 0 Å². The van der Waals surface area contributed by atoms with Crippen LogP contribution in [0.1, 0.15) is 0 Å². The van der Waals surface area contributed by atoms with Gasteiger partial charge >= 0.3 is 0 Å². The average Bonchev–Trinajstić information content (AvgIpc) is 2.25. The van der Waals surface area contributed by atoms with Crippen LogP contribution in [0, 0.1) is 0 Å². The third-order valence-electron chi connectivity index (χ3n) is 1.71. The van der Waals surface area contributed by atoms with Gasteiger partial charge in [-0.3, -0.25) is 0 Å². The van der Waals surface area contributed by atoms with E-state index in [2.05, 4.69) is 5.32 Å². The Morgan fingerprint density at radius 3 is 2.71 bits per heavy atom. The molecule has 78 valence electrons. The van der Waals surface area contributed by atoms with E-state index < -0.39 is 6.10 Å². The first kappa shape index (κ1) is 11.0. The van der Waals surface area contributed by atoms with E-state index in [0.29, 0.717) is 13.2 Å². The molecule has 0 spiro atoms. The van der Waals surface area contributed by atoms with Crippen molar-refractivity contribution in [2.75, 3.05) is 19.8 Å². The fraction of sp³-hybridized carbons (Fsp3) is 0.400. The summed E-state index contributed by atoms with van der Waals surface area (Å²) in [6.07, 6.45) is -0.529. The lowest BCUT2D eigenvalue weighted by Crippen LogP contribution is -2.34. The topological polar surface area (TPSA) is 67.5 Å². The van der Waals surface area contributed by atoms with Gasteiger partial charge in [-0.2, -0.15) is 0 Å². The molecule has 0 saturated carbocycles. The predicted molar refractivity (Wildman–Crippen MR) is 55.0 cm³/mol. The van der Waals surface area contributed by atoms with Crippen LogP contribution in [-0.4, -0.2) is 31.0 Å². The summed E-state index contributed by atoms with van der Waals surface area (Å²) in [6.45, 7) is 1.09. The van der Waals surface area contributed by atoms with Crippen LogP contribution in [0.4, 0.5) is 0 Å². The lowest BCUT2D eigenvalue weighted by molar-refractivity contribution is 0.107. The maximum Gasteiger partial charge on any atom is 0.119 e. The Morgan fingerprint density at radius 1 is 1.36 bits per heavy atom. The first-order valence-electron chi connectivity index (χ1n) is 4.59. The molecule has 4 heteroatoms. The molecule has 0 amide bonds. The Balaban J connectivity index is 2.20. The van der Waals surface area contributed by atoms with Crippen molar-refractivity contribution in [1.82, 2.24) is 5.32 Å². The number of ether oxygens (including phenoxy) is 1. The van der Waals surface area contributed by atoms with Gasteiger partial charge in [0.05, 0.1) is 0 Å². The quantitative estimate of drug-likeness (QED) is 0.557. The molecule has 0 aliphatic heterocycles. The van der Waals surface area contributed by atoms with Crippen LogP contribution in [0.2, 0.25) is 0 Å². The van der Waals surface area contributed by atoms with E-state index in [-0.39, 0.29) is 6.61 Å². The lowest BCUT2D eigenvalue weighted by Gasteiger charge is -2.12. The highest BCUT2D eigenvalue weighted by molar-refractivity contribution is 5.20. The maximum atomic E-state index is 9.40. The summed E-state index contributed by atoms with van der Waals surface area (Å²) in [5, 5.41) is 12.2. The molecule has 1 rings (SSSR count). The fourth-order valence-corrected chi connectivity index (χ4v) is 1.02. The summed E-state index contributed by atoms with van der Waals surface area (Å²) in [5.41, 5.74) is 5.22. The van der Waals surface area contributed by atoms with E-state index >= 15 is 0 Å². The van der Waals surface area contributed by atoms with E-state index in [1.54, 1.807) is 0 Å². The standard InChI is InChI=1S/C10H16N2O2/c11-8-12-6-9(13)7-14-10-4-2-1-3-5-10/h1-5,9,12-13H,6-8,11H2. The number of para-hydroxylation sites is 1. The molecule has 4 N–H and O–H groups in total. The van der Waals surface area contributed by atoms with E-state index in [1.165, 1.54) is 0 Å². The molecule has 0 radical (unpaired) electrons. The van der Waals surface area contributed by atoms with Gasteiger partial charge in [-0.15, -0.1) is 0 Å². The third kappa shape index (κ3) is 4.23. The molecule has 14 heavy (non-hydrogen) atoms. The summed E-state index contributed by atoms with van der Waals surface area (Å²) in [7, 11) is 0. The molecule has 1 aromatic rings. The largest absolute Gasteiger partial charge is 0.491 e. The molecule has 4 nitrogen and oxygen atoms in total. The van der Waals surface area contributed by atoms with Crippen molar-refractivity contribution >= 4 is 0 Å². The van der Waals surface area contributed by atoms with Crippen molar-refractivity contribution in [2.24, 2.45) is 5.73 Å². The molecule has 1 unspecified atom stereocenters. The first-order chi connectivity index (χ1) is 6.83. The molecule has 0 fully saturated rings. The molecular formula is C10H16N2O2. The number of hydrogen-bond acceptors (Lipinski definition) is 4. The van der Waals surface area contributed by atoms with Gasteiger partial charge in [0.2, 0.25) is 0 Å². The van der Waals surface area contributed by atoms with E-state index in [9.17, 15) is 5.11 Å². The summed E-state index contributed by atoms with van der Waals surface area (Å²) >= 11 is 0. The second kappa shape index (κ2) is 6.37. The van der Waals surface area contributed by atoms with Crippen molar-refractivity contribution < 1.29 is 9.84 Å². The number of benzene rings is 1. The molecule has 0 aromatic heterocycles. The highest BCUT2D eigenvalue weighted by atomic mass is 16.5. The second-order valence-electron chi connectivity index (χ2n) is 2.94. The zero-order valence-corrected chi connectivity index (χ0v) is 8.02. The first-order valence-corrected chi connectivity index (χ1v) is 4.59. The molecule has 0 saturated heterocycles. The van der Waals surface area contributed by atoms with Gasteiger partial charge in [-0.1, -0.05) is 18.2 Å². The molecule has 1 atom stereocenters. The minimum Gasteiger partial charge on any atom is -0.491 e. The Bertz CT molecular complexity index is 241. The zero-order valence-electron chi connectivity index (χ0n) is 8.02. The van der Waals surface area contributed by atoms with Gasteiger partial charge in [0.25, 0.3) is 0 Å². The van der Waals surface area contributed by atoms with Gasteiger partial charge in [0.1, 0.15) is 18.5 Å². The van der Waals surface area contributed by atoms with Crippen LogP contribution in [0.25, 0.3) is 0 Å². The number of nitrogens with two attached hydrogens (primary N) is 1. The monoisotopic (exact) mass is 196 g/mol. The fourth-order valence-electron chi connectivity index (χ4n) is 1.02. The minimum absolute atomic E-state index is 0.275. The number of aliphatic hydroxyl groups is 1. The highest BCUT2D eigenvalue weighted by Gasteiger charge is 2.03. The second-order valence-corrected chi connectivity index (χ2v) is 2.94. The summed E-state index contributed by atoms with van der Waals surface area (Å²) < 4.78 is 5.33. The predicted octanol–water partition coefficient (Wildman–Crippen LogP) is -0.0679.